The van der Waals surface area contributed by atoms with Crippen LogP contribution in [0.25, 0.3) is 0 Å². The number of hydrogen-bond acceptors (Lipinski definition) is 3. The lowest BCUT2D eigenvalue weighted by molar-refractivity contribution is -0.120. The van der Waals surface area contributed by atoms with Crippen molar-refractivity contribution in [1.29, 1.82) is 0 Å². The largest absolute Gasteiger partial charge is 0.378 e. The third kappa shape index (κ3) is 4.91. The Morgan fingerprint density at radius 2 is 1.81 bits per heavy atom. The van der Waals surface area contributed by atoms with E-state index in [1.54, 1.807) is 0 Å². The van der Waals surface area contributed by atoms with E-state index in [4.69, 9.17) is 0 Å². The van der Waals surface area contributed by atoms with Gasteiger partial charge in [-0.25, -0.2) is 0 Å². The van der Waals surface area contributed by atoms with Gasteiger partial charge in [0.25, 0.3) is 0 Å². The molecule has 1 N–H and O–H groups in total. The molecule has 0 radical (unpaired) electrons. The first kappa shape index (κ1) is 21.0. The number of benzene rings is 3. The summed E-state index contributed by atoms with van der Waals surface area (Å²) in [4.78, 5) is 17.3. The lowest BCUT2D eigenvalue weighted by atomic mass is 10.0. The Bertz CT molecular complexity index is 1040. The molecule has 0 spiro atoms. The first-order valence-corrected chi connectivity index (χ1v) is 11.0. The highest BCUT2D eigenvalue weighted by atomic mass is 16.1. The predicted octanol–water partition coefficient (Wildman–Crippen LogP) is 4.52. The van der Waals surface area contributed by atoms with Crippen LogP contribution >= 0.6 is 0 Å². The maximum atomic E-state index is 12.7. The summed E-state index contributed by atoms with van der Waals surface area (Å²) in [5.74, 6) is 0.0630. The van der Waals surface area contributed by atoms with Crippen LogP contribution in [0.1, 0.15) is 28.3 Å². The Balaban J connectivity index is 1.53. The molecule has 1 amide bonds. The monoisotopic (exact) mass is 413 g/mol. The Morgan fingerprint density at radius 1 is 1.03 bits per heavy atom. The average Bonchev–Trinajstić information content (AvgIpc) is 3.18. The van der Waals surface area contributed by atoms with Crippen LogP contribution in [-0.4, -0.2) is 33.1 Å². The number of hydrogen-bond donors (Lipinski definition) is 1. The summed E-state index contributed by atoms with van der Waals surface area (Å²) in [6.45, 7) is 3.60. The zero-order chi connectivity index (χ0) is 21.8. The molecule has 31 heavy (non-hydrogen) atoms. The van der Waals surface area contributed by atoms with Gasteiger partial charge >= 0.3 is 0 Å². The van der Waals surface area contributed by atoms with Gasteiger partial charge in [-0.2, -0.15) is 0 Å². The first-order chi connectivity index (χ1) is 15.0. The van der Waals surface area contributed by atoms with E-state index in [2.05, 4.69) is 96.8 Å². The Labute approximate surface area is 185 Å². The minimum absolute atomic E-state index is 0.0630. The van der Waals surface area contributed by atoms with Crippen LogP contribution in [0, 0.1) is 6.92 Å². The number of para-hydroxylation sites is 1. The molecule has 0 bridgehead atoms. The van der Waals surface area contributed by atoms with Crippen LogP contribution in [0.15, 0.2) is 72.8 Å². The van der Waals surface area contributed by atoms with E-state index in [1.165, 1.54) is 28.1 Å². The van der Waals surface area contributed by atoms with Gasteiger partial charge in [0, 0.05) is 38.6 Å². The number of carbonyl (C=O) groups excluding carboxylic acids is 1. The van der Waals surface area contributed by atoms with Gasteiger partial charge < -0.3 is 15.1 Å². The van der Waals surface area contributed by atoms with Crippen LogP contribution in [0.5, 0.6) is 0 Å². The maximum absolute atomic E-state index is 12.7. The highest BCUT2D eigenvalue weighted by Gasteiger charge is 2.27. The molecular weight excluding hydrogens is 382 g/mol. The van der Waals surface area contributed by atoms with Crippen molar-refractivity contribution in [1.82, 2.24) is 5.32 Å². The molecule has 4 nitrogen and oxygen atoms in total. The Morgan fingerprint density at radius 3 is 2.55 bits per heavy atom. The van der Waals surface area contributed by atoms with Crippen molar-refractivity contribution >= 4 is 17.3 Å². The summed E-state index contributed by atoms with van der Waals surface area (Å²) in [6, 6.07) is 25.5. The lowest BCUT2D eigenvalue weighted by Crippen LogP contribution is -2.38. The molecule has 1 heterocycles. The number of rotatable bonds is 7. The fourth-order valence-corrected chi connectivity index (χ4v) is 4.37. The van der Waals surface area contributed by atoms with Gasteiger partial charge in [-0.3, -0.25) is 4.79 Å². The van der Waals surface area contributed by atoms with Crippen molar-refractivity contribution in [2.75, 3.05) is 37.0 Å². The number of aryl methyl sites for hydroxylation is 1. The molecule has 0 aromatic heterocycles. The van der Waals surface area contributed by atoms with Gasteiger partial charge in [-0.15, -0.1) is 0 Å². The fourth-order valence-electron chi connectivity index (χ4n) is 4.37. The van der Waals surface area contributed by atoms with Crippen molar-refractivity contribution < 1.29 is 4.79 Å². The second kappa shape index (κ2) is 9.25. The van der Waals surface area contributed by atoms with Crippen LogP contribution in [-0.2, 0) is 17.6 Å². The SMILES string of the molecule is Cc1cccc(CC(=O)NC[C@H](c2ccc(N(C)C)cc2)N2CCc3ccccc32)c1. The minimum atomic E-state index is 0.0630. The van der Waals surface area contributed by atoms with Crippen LogP contribution in [0.2, 0.25) is 0 Å². The van der Waals surface area contributed by atoms with E-state index in [-0.39, 0.29) is 11.9 Å². The summed E-state index contributed by atoms with van der Waals surface area (Å²) in [5.41, 5.74) is 7.28. The molecule has 1 atom stereocenters. The third-order valence-electron chi connectivity index (χ3n) is 6.03. The van der Waals surface area contributed by atoms with Crippen molar-refractivity contribution in [3.8, 4) is 0 Å². The first-order valence-electron chi connectivity index (χ1n) is 11.0. The van der Waals surface area contributed by atoms with Crippen molar-refractivity contribution in [2.24, 2.45) is 0 Å². The molecular formula is C27H31N3O. The molecule has 4 rings (SSSR count). The zero-order valence-corrected chi connectivity index (χ0v) is 18.6. The molecule has 3 aromatic rings. The second-order valence-corrected chi connectivity index (χ2v) is 8.54. The number of nitrogens with zero attached hydrogens (tertiary/aromatic N) is 2. The fraction of sp³-hybridized carbons (Fsp3) is 0.296. The van der Waals surface area contributed by atoms with Crippen LogP contribution in [0.4, 0.5) is 11.4 Å². The third-order valence-corrected chi connectivity index (χ3v) is 6.03. The number of amides is 1. The lowest BCUT2D eigenvalue weighted by Gasteiger charge is -2.31. The normalized spacial score (nSPS) is 13.6. The highest BCUT2D eigenvalue weighted by molar-refractivity contribution is 5.78. The smallest absolute Gasteiger partial charge is 0.224 e. The summed E-state index contributed by atoms with van der Waals surface area (Å²) in [7, 11) is 4.10. The molecule has 4 heteroatoms. The van der Waals surface area contributed by atoms with Crippen molar-refractivity contribution in [2.45, 2.75) is 25.8 Å². The molecule has 0 saturated heterocycles. The van der Waals surface area contributed by atoms with E-state index in [9.17, 15) is 4.79 Å². The maximum Gasteiger partial charge on any atom is 0.224 e. The van der Waals surface area contributed by atoms with Crippen LogP contribution in [0.3, 0.4) is 0 Å². The molecule has 1 aliphatic heterocycles. The van der Waals surface area contributed by atoms with E-state index in [0.717, 1.165) is 18.5 Å². The van der Waals surface area contributed by atoms with E-state index in [1.807, 2.05) is 12.1 Å². The van der Waals surface area contributed by atoms with E-state index >= 15 is 0 Å². The standard InChI is InChI=1S/C27H31N3O/c1-20-7-6-8-21(17-20)18-27(31)28-19-26(23-11-13-24(14-12-23)29(2)3)30-16-15-22-9-4-5-10-25(22)30/h4-14,17,26H,15-16,18-19H2,1-3H3,(H,28,31)/t26-/m1/s1. The minimum Gasteiger partial charge on any atom is -0.378 e. The molecule has 0 unspecified atom stereocenters. The van der Waals surface area contributed by atoms with E-state index in [0.29, 0.717) is 13.0 Å². The molecule has 0 fully saturated rings. The van der Waals surface area contributed by atoms with Crippen LogP contribution < -0.4 is 15.1 Å². The number of carbonyl (C=O) groups is 1. The van der Waals surface area contributed by atoms with E-state index < -0.39 is 0 Å². The Hall–Kier alpha value is -3.27. The van der Waals surface area contributed by atoms with Gasteiger partial charge in [0.05, 0.1) is 12.5 Å². The van der Waals surface area contributed by atoms with Gasteiger partial charge in [0.2, 0.25) is 5.91 Å². The molecule has 0 saturated carbocycles. The zero-order valence-electron chi connectivity index (χ0n) is 18.6. The summed E-state index contributed by atoms with van der Waals surface area (Å²) in [6.07, 6.45) is 1.45. The predicted molar refractivity (Wildman–Crippen MR) is 129 cm³/mol. The van der Waals surface area contributed by atoms with Gasteiger partial charge in [0.15, 0.2) is 0 Å². The Kier molecular flexibility index (Phi) is 6.26. The van der Waals surface area contributed by atoms with Gasteiger partial charge in [-0.1, -0.05) is 60.2 Å². The number of fused-ring (bicyclic) bond motifs is 1. The molecule has 1 aliphatic rings. The molecule has 0 aliphatic carbocycles. The highest BCUT2D eigenvalue weighted by Crippen LogP contribution is 2.35. The second-order valence-electron chi connectivity index (χ2n) is 8.54. The van der Waals surface area contributed by atoms with Gasteiger partial charge in [-0.05, 0) is 48.2 Å². The number of nitrogens with one attached hydrogen (secondary N) is 1. The topological polar surface area (TPSA) is 35.6 Å². The quantitative estimate of drug-likeness (QED) is 0.618. The summed E-state index contributed by atoms with van der Waals surface area (Å²) in [5, 5.41) is 3.20. The summed E-state index contributed by atoms with van der Waals surface area (Å²) >= 11 is 0. The molecule has 3 aromatic carbocycles. The number of anilines is 2. The van der Waals surface area contributed by atoms with Crippen molar-refractivity contribution in [3.63, 3.8) is 0 Å². The van der Waals surface area contributed by atoms with Crippen molar-refractivity contribution in [3.05, 3.63) is 95.1 Å². The summed E-state index contributed by atoms with van der Waals surface area (Å²) < 4.78 is 0. The molecule has 160 valence electrons. The van der Waals surface area contributed by atoms with Gasteiger partial charge in [0.1, 0.15) is 0 Å². The average molecular weight is 414 g/mol.